The van der Waals surface area contributed by atoms with E-state index in [2.05, 4.69) is 21.0 Å². The highest BCUT2D eigenvalue weighted by atomic mass is 35.5. The standard InChI is InChI=1S/C24H20ClN5O2/c1-26-24(32)28-19-13-11-18(12-14-19)27-23(31)21-15-30(20-5-3-2-4-6-20)29-22(21)16-7-9-17(25)10-8-16/h2-15H,1H3,(H,27,31)(H2,26,28,32). The molecule has 8 heteroatoms. The van der Waals surface area contributed by atoms with Crippen molar-refractivity contribution < 1.29 is 9.59 Å². The number of nitrogens with zero attached hydrogens (tertiary/aromatic N) is 2. The van der Waals surface area contributed by atoms with Crippen molar-refractivity contribution in [3.63, 3.8) is 0 Å². The molecule has 0 aliphatic rings. The van der Waals surface area contributed by atoms with Crippen molar-refractivity contribution in [2.24, 2.45) is 0 Å². The summed E-state index contributed by atoms with van der Waals surface area (Å²) in [5.41, 5.74) is 3.78. The van der Waals surface area contributed by atoms with Crippen LogP contribution in [0.15, 0.2) is 85.1 Å². The number of urea groups is 1. The smallest absolute Gasteiger partial charge is 0.318 e. The molecule has 160 valence electrons. The van der Waals surface area contributed by atoms with Crippen molar-refractivity contribution in [2.45, 2.75) is 0 Å². The van der Waals surface area contributed by atoms with E-state index in [1.54, 1.807) is 47.3 Å². The van der Waals surface area contributed by atoms with Gasteiger partial charge in [0.1, 0.15) is 5.69 Å². The summed E-state index contributed by atoms with van der Waals surface area (Å²) < 4.78 is 1.68. The predicted molar refractivity (Wildman–Crippen MR) is 126 cm³/mol. The Kier molecular flexibility index (Phi) is 6.19. The van der Waals surface area contributed by atoms with Crippen LogP contribution in [-0.2, 0) is 0 Å². The average Bonchev–Trinajstić information content (AvgIpc) is 3.27. The van der Waals surface area contributed by atoms with Gasteiger partial charge in [0.05, 0.1) is 11.3 Å². The number of carbonyl (C=O) groups is 2. The second-order valence-corrected chi connectivity index (χ2v) is 7.35. The van der Waals surface area contributed by atoms with Crippen LogP contribution in [0.25, 0.3) is 16.9 Å². The molecule has 0 radical (unpaired) electrons. The van der Waals surface area contributed by atoms with E-state index >= 15 is 0 Å². The fraction of sp³-hybridized carbons (Fsp3) is 0.0417. The van der Waals surface area contributed by atoms with Gasteiger partial charge in [0.25, 0.3) is 5.91 Å². The zero-order valence-electron chi connectivity index (χ0n) is 17.2. The normalized spacial score (nSPS) is 10.4. The zero-order chi connectivity index (χ0) is 22.5. The molecular weight excluding hydrogens is 426 g/mol. The summed E-state index contributed by atoms with van der Waals surface area (Å²) in [5, 5.41) is 13.3. The molecule has 3 aromatic carbocycles. The van der Waals surface area contributed by atoms with Crippen molar-refractivity contribution in [3.05, 3.63) is 95.6 Å². The molecule has 0 unspecified atom stereocenters. The summed E-state index contributed by atoms with van der Waals surface area (Å²) in [5.74, 6) is -0.302. The van der Waals surface area contributed by atoms with Crippen LogP contribution in [0.3, 0.4) is 0 Å². The Bertz CT molecular complexity index is 1240. The van der Waals surface area contributed by atoms with Crippen LogP contribution in [0.5, 0.6) is 0 Å². The fourth-order valence-electron chi connectivity index (χ4n) is 3.10. The number of rotatable bonds is 5. The Morgan fingerprint density at radius 1 is 0.844 bits per heavy atom. The molecule has 4 rings (SSSR count). The second-order valence-electron chi connectivity index (χ2n) is 6.91. The molecule has 1 aromatic heterocycles. The topological polar surface area (TPSA) is 88.0 Å². The third-order valence-corrected chi connectivity index (χ3v) is 4.98. The minimum Gasteiger partial charge on any atom is -0.341 e. The number of hydrogen-bond donors (Lipinski definition) is 3. The van der Waals surface area contributed by atoms with Crippen LogP contribution >= 0.6 is 11.6 Å². The first-order valence-corrected chi connectivity index (χ1v) is 10.2. The Labute approximate surface area is 190 Å². The van der Waals surface area contributed by atoms with Gasteiger partial charge in [-0.05, 0) is 48.5 Å². The first-order chi connectivity index (χ1) is 15.5. The van der Waals surface area contributed by atoms with Crippen LogP contribution in [0.2, 0.25) is 5.02 Å². The summed E-state index contributed by atoms with van der Waals surface area (Å²) >= 11 is 6.03. The Morgan fingerprint density at radius 2 is 1.47 bits per heavy atom. The molecule has 32 heavy (non-hydrogen) atoms. The third kappa shape index (κ3) is 4.79. The molecule has 0 atom stereocenters. The Balaban J connectivity index is 1.64. The minimum atomic E-state index is -0.317. The number of halogens is 1. The van der Waals surface area contributed by atoms with E-state index in [9.17, 15) is 9.59 Å². The molecule has 0 fully saturated rings. The van der Waals surface area contributed by atoms with Gasteiger partial charge in [0, 0.05) is 35.2 Å². The summed E-state index contributed by atoms with van der Waals surface area (Å²) in [6.07, 6.45) is 1.70. The Morgan fingerprint density at radius 3 is 2.09 bits per heavy atom. The minimum absolute atomic E-state index is 0.302. The molecule has 7 nitrogen and oxygen atoms in total. The van der Waals surface area contributed by atoms with Crippen LogP contribution in [-0.4, -0.2) is 28.8 Å². The van der Waals surface area contributed by atoms with E-state index in [1.165, 1.54) is 7.05 Å². The number of anilines is 2. The summed E-state index contributed by atoms with van der Waals surface area (Å²) in [6.45, 7) is 0. The van der Waals surface area contributed by atoms with Gasteiger partial charge in [-0.3, -0.25) is 4.79 Å². The molecule has 0 bridgehead atoms. The maximum absolute atomic E-state index is 13.2. The highest BCUT2D eigenvalue weighted by molar-refractivity contribution is 6.30. The molecular formula is C24H20ClN5O2. The van der Waals surface area contributed by atoms with E-state index in [1.807, 2.05) is 42.5 Å². The lowest BCUT2D eigenvalue weighted by molar-refractivity contribution is 0.102. The lowest BCUT2D eigenvalue weighted by Crippen LogP contribution is -2.24. The van der Waals surface area contributed by atoms with E-state index in [-0.39, 0.29) is 11.9 Å². The van der Waals surface area contributed by atoms with Gasteiger partial charge in [-0.1, -0.05) is 41.9 Å². The number of hydrogen-bond acceptors (Lipinski definition) is 3. The van der Waals surface area contributed by atoms with Gasteiger partial charge in [-0.15, -0.1) is 0 Å². The number of benzene rings is 3. The molecule has 0 aliphatic heterocycles. The maximum Gasteiger partial charge on any atom is 0.318 e. The lowest BCUT2D eigenvalue weighted by Gasteiger charge is -2.08. The van der Waals surface area contributed by atoms with Crippen molar-refractivity contribution in [1.82, 2.24) is 15.1 Å². The van der Waals surface area contributed by atoms with Crippen LogP contribution in [0.4, 0.5) is 16.2 Å². The molecule has 0 saturated carbocycles. The van der Waals surface area contributed by atoms with Crippen molar-refractivity contribution in [3.8, 4) is 16.9 Å². The molecule has 0 spiro atoms. The summed E-state index contributed by atoms with van der Waals surface area (Å²) in [7, 11) is 1.54. The van der Waals surface area contributed by atoms with Gasteiger partial charge in [-0.25, -0.2) is 9.48 Å². The number of amides is 3. The largest absolute Gasteiger partial charge is 0.341 e. The first-order valence-electron chi connectivity index (χ1n) is 9.84. The van der Waals surface area contributed by atoms with E-state index in [0.29, 0.717) is 27.7 Å². The van der Waals surface area contributed by atoms with Gasteiger partial charge in [0.2, 0.25) is 0 Å². The molecule has 1 heterocycles. The number of aromatic nitrogens is 2. The van der Waals surface area contributed by atoms with E-state index < -0.39 is 0 Å². The third-order valence-electron chi connectivity index (χ3n) is 4.72. The molecule has 3 N–H and O–H groups in total. The first kappa shape index (κ1) is 21.1. The van der Waals surface area contributed by atoms with Crippen molar-refractivity contribution >= 4 is 34.9 Å². The van der Waals surface area contributed by atoms with Crippen molar-refractivity contribution in [2.75, 3.05) is 17.7 Å². The summed E-state index contributed by atoms with van der Waals surface area (Å²) in [6, 6.07) is 23.3. The Hall–Kier alpha value is -4.10. The number of carbonyl (C=O) groups excluding carboxylic acids is 2. The van der Waals surface area contributed by atoms with E-state index in [0.717, 1.165) is 11.3 Å². The van der Waals surface area contributed by atoms with Gasteiger partial charge in [-0.2, -0.15) is 5.10 Å². The highest BCUT2D eigenvalue weighted by Crippen LogP contribution is 2.26. The monoisotopic (exact) mass is 445 g/mol. The number of para-hydroxylation sites is 1. The maximum atomic E-state index is 13.2. The van der Waals surface area contributed by atoms with Gasteiger partial charge >= 0.3 is 6.03 Å². The van der Waals surface area contributed by atoms with Gasteiger partial charge in [0.15, 0.2) is 0 Å². The summed E-state index contributed by atoms with van der Waals surface area (Å²) in [4.78, 5) is 24.6. The van der Waals surface area contributed by atoms with Crippen LogP contribution < -0.4 is 16.0 Å². The van der Waals surface area contributed by atoms with Crippen LogP contribution in [0.1, 0.15) is 10.4 Å². The van der Waals surface area contributed by atoms with Gasteiger partial charge < -0.3 is 16.0 Å². The predicted octanol–water partition coefficient (Wildman–Crippen LogP) is 5.20. The molecule has 3 amide bonds. The van der Waals surface area contributed by atoms with Crippen molar-refractivity contribution in [1.29, 1.82) is 0 Å². The highest BCUT2D eigenvalue weighted by Gasteiger charge is 2.19. The van der Waals surface area contributed by atoms with E-state index in [4.69, 9.17) is 11.6 Å². The molecule has 4 aromatic rings. The second kappa shape index (κ2) is 9.36. The zero-order valence-corrected chi connectivity index (χ0v) is 17.9. The average molecular weight is 446 g/mol. The lowest BCUT2D eigenvalue weighted by atomic mass is 10.1. The fourth-order valence-corrected chi connectivity index (χ4v) is 3.23. The van der Waals surface area contributed by atoms with Crippen LogP contribution in [0, 0.1) is 0 Å². The number of nitrogens with one attached hydrogen (secondary N) is 3. The molecule has 0 aliphatic carbocycles. The quantitative estimate of drug-likeness (QED) is 0.394. The molecule has 0 saturated heterocycles. The SMILES string of the molecule is CNC(=O)Nc1ccc(NC(=O)c2cn(-c3ccccc3)nc2-c2ccc(Cl)cc2)cc1.